The van der Waals surface area contributed by atoms with E-state index < -0.39 is 5.41 Å². The standard InChI is InChI=1S/C14H21NO2/c1-13(12(16)17-2)4-9-3-11-10(6-13)7-14(11,5-9)8-15/h6,9,11H,3-5,7-8,15H2,1-2H3. The summed E-state index contributed by atoms with van der Waals surface area (Å²) in [5.41, 5.74) is 7.39. The van der Waals surface area contributed by atoms with Gasteiger partial charge in [0.15, 0.2) is 0 Å². The van der Waals surface area contributed by atoms with Crippen molar-refractivity contribution in [3.05, 3.63) is 11.6 Å². The lowest BCUT2D eigenvalue weighted by Gasteiger charge is -2.48. The Labute approximate surface area is 102 Å². The van der Waals surface area contributed by atoms with Crippen LogP contribution in [-0.4, -0.2) is 19.6 Å². The topological polar surface area (TPSA) is 52.3 Å². The van der Waals surface area contributed by atoms with Gasteiger partial charge in [-0.3, -0.25) is 4.79 Å². The molecule has 0 saturated heterocycles. The minimum Gasteiger partial charge on any atom is -0.468 e. The number of carbonyl (C=O) groups excluding carboxylic acids is 1. The molecular formula is C14H21NO2. The van der Waals surface area contributed by atoms with E-state index in [0.29, 0.717) is 17.3 Å². The Morgan fingerprint density at radius 3 is 3.00 bits per heavy atom. The average Bonchev–Trinajstić information content (AvgIpc) is 2.50. The van der Waals surface area contributed by atoms with E-state index in [1.54, 1.807) is 0 Å². The zero-order valence-electron chi connectivity index (χ0n) is 10.7. The van der Waals surface area contributed by atoms with E-state index in [9.17, 15) is 4.79 Å². The van der Waals surface area contributed by atoms with Crippen molar-refractivity contribution in [1.29, 1.82) is 0 Å². The summed E-state index contributed by atoms with van der Waals surface area (Å²) in [5, 5.41) is 0. The molecule has 0 amide bonds. The fourth-order valence-electron chi connectivity index (χ4n) is 4.57. The Morgan fingerprint density at radius 1 is 1.59 bits per heavy atom. The highest BCUT2D eigenvalue weighted by Gasteiger charge is 2.59. The van der Waals surface area contributed by atoms with Crippen LogP contribution < -0.4 is 5.73 Å². The lowest BCUT2D eigenvalue weighted by molar-refractivity contribution is -0.150. The van der Waals surface area contributed by atoms with Gasteiger partial charge in [0.05, 0.1) is 12.5 Å². The molecule has 0 aromatic carbocycles. The summed E-state index contributed by atoms with van der Waals surface area (Å²) in [5.74, 6) is 1.22. The number of methoxy groups -OCH3 is 1. The number of esters is 1. The average molecular weight is 235 g/mol. The number of fused-ring (bicyclic) bond motifs is 1. The third-order valence-electron chi connectivity index (χ3n) is 5.28. The highest BCUT2D eigenvalue weighted by atomic mass is 16.5. The first-order chi connectivity index (χ1) is 8.03. The van der Waals surface area contributed by atoms with Crippen LogP contribution in [0.15, 0.2) is 11.6 Å². The molecule has 0 spiro atoms. The van der Waals surface area contributed by atoms with E-state index in [-0.39, 0.29) is 5.97 Å². The normalized spacial score (nSPS) is 46.9. The van der Waals surface area contributed by atoms with Crippen molar-refractivity contribution in [2.75, 3.05) is 13.7 Å². The summed E-state index contributed by atoms with van der Waals surface area (Å²) in [6, 6.07) is 0. The van der Waals surface area contributed by atoms with Crippen LogP contribution in [0.25, 0.3) is 0 Å². The van der Waals surface area contributed by atoms with Gasteiger partial charge in [-0.1, -0.05) is 11.6 Å². The quantitative estimate of drug-likeness (QED) is 0.587. The number of ether oxygens (including phenoxy) is 1. The molecule has 3 aliphatic carbocycles. The Morgan fingerprint density at radius 2 is 2.35 bits per heavy atom. The number of hydrogen-bond donors (Lipinski definition) is 1. The van der Waals surface area contributed by atoms with Crippen molar-refractivity contribution in [2.45, 2.75) is 32.6 Å². The number of nitrogens with two attached hydrogens (primary N) is 1. The molecule has 2 fully saturated rings. The van der Waals surface area contributed by atoms with Gasteiger partial charge in [-0.05, 0) is 56.4 Å². The number of carbonyl (C=O) groups is 1. The third-order valence-corrected chi connectivity index (χ3v) is 5.28. The molecule has 17 heavy (non-hydrogen) atoms. The molecule has 0 heterocycles. The summed E-state index contributed by atoms with van der Waals surface area (Å²) in [4.78, 5) is 11.9. The Kier molecular flexibility index (Phi) is 2.22. The van der Waals surface area contributed by atoms with Crippen LogP contribution in [0, 0.1) is 22.7 Å². The number of rotatable bonds is 2. The molecular weight excluding hydrogens is 214 g/mol. The fourth-order valence-corrected chi connectivity index (χ4v) is 4.57. The lowest BCUT2D eigenvalue weighted by Crippen LogP contribution is -2.45. The van der Waals surface area contributed by atoms with Crippen LogP contribution in [0.2, 0.25) is 0 Å². The summed E-state index contributed by atoms with van der Waals surface area (Å²) < 4.78 is 4.96. The van der Waals surface area contributed by atoms with E-state index in [2.05, 4.69) is 6.08 Å². The highest BCUT2D eigenvalue weighted by Crippen LogP contribution is 2.66. The molecule has 0 aromatic heterocycles. The van der Waals surface area contributed by atoms with Crippen molar-refractivity contribution in [2.24, 2.45) is 28.4 Å². The maximum absolute atomic E-state index is 11.9. The SMILES string of the molecule is COC(=O)C1(C)C=C2CC3(CN)CC(CC23)C1. The van der Waals surface area contributed by atoms with Crippen LogP contribution in [0.3, 0.4) is 0 Å². The minimum atomic E-state index is -0.398. The van der Waals surface area contributed by atoms with Gasteiger partial charge in [0, 0.05) is 0 Å². The monoisotopic (exact) mass is 235 g/mol. The Hall–Kier alpha value is -0.830. The summed E-state index contributed by atoms with van der Waals surface area (Å²) in [7, 11) is 1.49. The molecule has 94 valence electrons. The van der Waals surface area contributed by atoms with Crippen molar-refractivity contribution in [3.63, 3.8) is 0 Å². The molecule has 2 N–H and O–H groups in total. The summed E-state index contributed by atoms with van der Waals surface area (Å²) in [6.45, 7) is 2.83. The van der Waals surface area contributed by atoms with Crippen molar-refractivity contribution >= 4 is 5.97 Å². The van der Waals surface area contributed by atoms with Gasteiger partial charge in [-0.15, -0.1) is 0 Å². The van der Waals surface area contributed by atoms with Gasteiger partial charge in [0.1, 0.15) is 0 Å². The van der Waals surface area contributed by atoms with Gasteiger partial charge in [-0.25, -0.2) is 0 Å². The molecule has 3 rings (SSSR count). The maximum Gasteiger partial charge on any atom is 0.315 e. The lowest BCUT2D eigenvalue weighted by atomic mass is 9.57. The largest absolute Gasteiger partial charge is 0.468 e. The molecule has 3 heteroatoms. The summed E-state index contributed by atoms with van der Waals surface area (Å²) in [6.07, 6.45) is 6.67. The fraction of sp³-hybridized carbons (Fsp3) is 0.786. The van der Waals surface area contributed by atoms with E-state index in [1.165, 1.54) is 25.5 Å². The van der Waals surface area contributed by atoms with Crippen molar-refractivity contribution in [1.82, 2.24) is 0 Å². The third kappa shape index (κ3) is 1.35. The molecule has 2 bridgehead atoms. The zero-order chi connectivity index (χ0) is 12.3. The van der Waals surface area contributed by atoms with Crippen molar-refractivity contribution in [3.8, 4) is 0 Å². The van der Waals surface area contributed by atoms with E-state index in [4.69, 9.17) is 10.5 Å². The predicted molar refractivity (Wildman–Crippen MR) is 65.1 cm³/mol. The molecule has 0 radical (unpaired) electrons. The van der Waals surface area contributed by atoms with Crippen LogP contribution in [0.1, 0.15) is 32.6 Å². The van der Waals surface area contributed by atoms with Crippen molar-refractivity contribution < 1.29 is 9.53 Å². The first-order valence-corrected chi connectivity index (χ1v) is 6.53. The second kappa shape index (κ2) is 3.35. The van der Waals surface area contributed by atoms with Crippen LogP contribution in [-0.2, 0) is 9.53 Å². The van der Waals surface area contributed by atoms with Gasteiger partial charge in [0.2, 0.25) is 0 Å². The van der Waals surface area contributed by atoms with Crippen LogP contribution in [0.5, 0.6) is 0 Å². The van der Waals surface area contributed by atoms with E-state index in [1.807, 2.05) is 6.92 Å². The first kappa shape index (κ1) is 11.3. The summed E-state index contributed by atoms with van der Waals surface area (Å²) >= 11 is 0. The number of hydrogen-bond acceptors (Lipinski definition) is 3. The molecule has 3 aliphatic rings. The van der Waals surface area contributed by atoms with Crippen LogP contribution >= 0.6 is 0 Å². The predicted octanol–water partition coefficient (Wildman–Crippen LogP) is 1.87. The van der Waals surface area contributed by atoms with Gasteiger partial charge in [-0.2, -0.15) is 0 Å². The molecule has 4 unspecified atom stereocenters. The first-order valence-electron chi connectivity index (χ1n) is 6.53. The highest BCUT2D eigenvalue weighted by molar-refractivity contribution is 5.79. The smallest absolute Gasteiger partial charge is 0.315 e. The second-order valence-electron chi connectivity index (χ2n) is 6.43. The number of allylic oxidation sites excluding steroid dienone is 1. The molecule has 2 saturated carbocycles. The van der Waals surface area contributed by atoms with E-state index >= 15 is 0 Å². The Balaban J connectivity index is 1.95. The molecule has 0 aliphatic heterocycles. The molecule has 4 atom stereocenters. The Bertz CT molecular complexity index is 403. The molecule has 0 aromatic rings. The van der Waals surface area contributed by atoms with Crippen LogP contribution in [0.4, 0.5) is 0 Å². The van der Waals surface area contributed by atoms with E-state index in [0.717, 1.165) is 19.4 Å². The van der Waals surface area contributed by atoms with Gasteiger partial charge < -0.3 is 10.5 Å². The molecule has 3 nitrogen and oxygen atoms in total. The van der Waals surface area contributed by atoms with Gasteiger partial charge >= 0.3 is 5.97 Å². The maximum atomic E-state index is 11.9. The zero-order valence-corrected chi connectivity index (χ0v) is 10.7. The second-order valence-corrected chi connectivity index (χ2v) is 6.43. The van der Waals surface area contributed by atoms with Gasteiger partial charge in [0.25, 0.3) is 0 Å². The minimum absolute atomic E-state index is 0.0807.